The van der Waals surface area contributed by atoms with Crippen LogP contribution in [0.5, 0.6) is 5.75 Å². The van der Waals surface area contributed by atoms with Gasteiger partial charge >= 0.3 is 5.97 Å². The Kier molecular flexibility index (Phi) is 9.36. The van der Waals surface area contributed by atoms with Crippen molar-refractivity contribution in [2.75, 3.05) is 6.54 Å². The molecule has 34 heavy (non-hydrogen) atoms. The molecule has 1 heterocycles. The first-order valence-corrected chi connectivity index (χ1v) is 11.0. The van der Waals surface area contributed by atoms with Gasteiger partial charge in [-0.25, -0.2) is 4.79 Å². The van der Waals surface area contributed by atoms with Crippen molar-refractivity contribution in [2.45, 2.75) is 69.5 Å². The number of aliphatic hydroxyl groups excluding tert-OH is 2. The molecule has 0 aromatic heterocycles. The lowest BCUT2D eigenvalue weighted by molar-refractivity contribution is -0.146. The fourth-order valence-electron chi connectivity index (χ4n) is 3.67. The Morgan fingerprint density at radius 2 is 1.71 bits per heavy atom. The minimum atomic E-state index is -1.40. The Bertz CT molecular complexity index is 889. The Balaban J connectivity index is 2.12. The number of carbonyl (C=O) groups excluding carboxylic acids is 3. The van der Waals surface area contributed by atoms with Gasteiger partial charge in [-0.3, -0.25) is 14.4 Å². The minimum Gasteiger partial charge on any atom is -0.508 e. The Morgan fingerprint density at radius 3 is 2.24 bits per heavy atom. The topological polar surface area (TPSA) is 203 Å². The fraction of sp³-hybridized carbons (Fsp3) is 0.545. The van der Waals surface area contributed by atoms with Crippen molar-refractivity contribution < 1.29 is 39.6 Å². The number of hydrogen-bond donors (Lipinski definition) is 7. The number of nitrogens with zero attached hydrogens (tertiary/aromatic N) is 1. The van der Waals surface area contributed by atoms with Crippen LogP contribution in [0.1, 0.15) is 32.3 Å². The first-order chi connectivity index (χ1) is 15.9. The van der Waals surface area contributed by atoms with Crippen molar-refractivity contribution >= 4 is 23.7 Å². The van der Waals surface area contributed by atoms with E-state index in [1.54, 1.807) is 0 Å². The third-order valence-corrected chi connectivity index (χ3v) is 5.70. The highest BCUT2D eigenvalue weighted by Crippen LogP contribution is 2.20. The number of nitrogens with one attached hydrogen (secondary N) is 2. The van der Waals surface area contributed by atoms with E-state index in [2.05, 4.69) is 10.6 Å². The number of nitrogens with two attached hydrogens (primary N) is 1. The van der Waals surface area contributed by atoms with Crippen LogP contribution in [-0.4, -0.2) is 91.9 Å². The van der Waals surface area contributed by atoms with E-state index in [0.717, 1.165) is 0 Å². The predicted octanol–water partition coefficient (Wildman–Crippen LogP) is -1.93. The third kappa shape index (κ3) is 6.89. The first-order valence-electron chi connectivity index (χ1n) is 11.0. The van der Waals surface area contributed by atoms with Crippen LogP contribution in [0, 0.1) is 0 Å². The van der Waals surface area contributed by atoms with E-state index < -0.39 is 60.1 Å². The molecule has 1 fully saturated rings. The van der Waals surface area contributed by atoms with Crippen molar-refractivity contribution in [1.82, 2.24) is 15.5 Å². The summed E-state index contributed by atoms with van der Waals surface area (Å²) in [7, 11) is 0. The van der Waals surface area contributed by atoms with Crippen molar-refractivity contribution in [3.8, 4) is 5.75 Å². The molecule has 1 aliphatic rings. The smallest absolute Gasteiger partial charge is 0.326 e. The second kappa shape index (κ2) is 11.8. The molecular weight excluding hydrogens is 448 g/mol. The minimum absolute atomic E-state index is 0.0222. The molecule has 0 aliphatic carbocycles. The lowest BCUT2D eigenvalue weighted by Crippen LogP contribution is -2.60. The summed E-state index contributed by atoms with van der Waals surface area (Å²) >= 11 is 0. The summed E-state index contributed by atoms with van der Waals surface area (Å²) in [6.45, 7) is 2.77. The van der Waals surface area contributed by atoms with E-state index in [-0.39, 0.29) is 25.1 Å². The third-order valence-electron chi connectivity index (χ3n) is 5.70. The van der Waals surface area contributed by atoms with E-state index in [1.807, 2.05) is 0 Å². The lowest BCUT2D eigenvalue weighted by Gasteiger charge is -2.31. The number of phenolic OH excluding ortho intramolecular Hbond substituents is 1. The molecule has 0 bridgehead atoms. The molecule has 12 nitrogen and oxygen atoms in total. The standard InChI is InChI=1S/C22H32N4O8/c1-11(27)17(23)20(31)25-18(12(2)28)21(32)26-9-3-4-16(26)19(30)24-15(22(33)34)10-13-5-7-14(29)8-6-13/h5-8,11-12,15-18,27-29H,3-4,9-10,23H2,1-2H3,(H,24,30)(H,25,31)(H,33,34). The number of aliphatic hydroxyl groups is 2. The normalized spacial score (nSPS) is 20.0. The number of rotatable bonds is 10. The highest BCUT2D eigenvalue weighted by atomic mass is 16.4. The summed E-state index contributed by atoms with van der Waals surface area (Å²) in [6, 6.07) is 0.903. The zero-order chi connectivity index (χ0) is 25.6. The van der Waals surface area contributed by atoms with Crippen molar-refractivity contribution in [3.05, 3.63) is 29.8 Å². The number of carboxylic acids is 1. The van der Waals surface area contributed by atoms with E-state index >= 15 is 0 Å². The molecule has 188 valence electrons. The van der Waals surface area contributed by atoms with E-state index in [1.165, 1.54) is 43.0 Å². The van der Waals surface area contributed by atoms with Crippen molar-refractivity contribution in [2.24, 2.45) is 5.73 Å². The molecule has 1 aliphatic heterocycles. The van der Waals surface area contributed by atoms with Gasteiger partial charge in [0.1, 0.15) is 29.9 Å². The van der Waals surface area contributed by atoms with E-state index in [4.69, 9.17) is 5.73 Å². The van der Waals surface area contributed by atoms with E-state index in [0.29, 0.717) is 12.0 Å². The molecule has 0 saturated carbocycles. The zero-order valence-corrected chi connectivity index (χ0v) is 19.0. The van der Waals surface area contributed by atoms with Gasteiger partial charge in [-0.15, -0.1) is 0 Å². The summed E-state index contributed by atoms with van der Waals surface area (Å²) in [6.07, 6.45) is -1.80. The number of phenols is 1. The van der Waals surface area contributed by atoms with Crippen LogP contribution in [0.15, 0.2) is 24.3 Å². The van der Waals surface area contributed by atoms with E-state index in [9.17, 15) is 39.6 Å². The molecule has 8 N–H and O–H groups in total. The number of aromatic hydroxyl groups is 1. The van der Waals surface area contributed by atoms with Gasteiger partial charge in [0.15, 0.2) is 0 Å². The first kappa shape index (κ1) is 27.0. The Morgan fingerprint density at radius 1 is 1.09 bits per heavy atom. The maximum Gasteiger partial charge on any atom is 0.326 e. The molecule has 3 amide bonds. The summed E-state index contributed by atoms with van der Waals surface area (Å²) < 4.78 is 0. The number of amides is 3. The Hall–Kier alpha value is -3.22. The average Bonchev–Trinajstić information content (AvgIpc) is 3.27. The van der Waals surface area contributed by atoms with Gasteiger partial charge in [0.05, 0.1) is 12.2 Å². The highest BCUT2D eigenvalue weighted by molar-refractivity contribution is 5.95. The Labute approximate surface area is 196 Å². The summed E-state index contributed by atoms with van der Waals surface area (Å²) in [4.78, 5) is 51.1. The van der Waals surface area contributed by atoms with Gasteiger partial charge in [0, 0.05) is 13.0 Å². The second-order valence-electron chi connectivity index (χ2n) is 8.45. The molecule has 0 spiro atoms. The summed E-state index contributed by atoms with van der Waals surface area (Å²) in [5.41, 5.74) is 6.17. The van der Waals surface area contributed by atoms with Crippen LogP contribution < -0.4 is 16.4 Å². The van der Waals surface area contributed by atoms with Gasteiger partial charge in [-0.2, -0.15) is 0 Å². The molecule has 1 saturated heterocycles. The van der Waals surface area contributed by atoms with Crippen LogP contribution in [-0.2, 0) is 25.6 Å². The number of carbonyl (C=O) groups is 4. The number of carboxylic acid groups (broad SMARTS) is 1. The zero-order valence-electron chi connectivity index (χ0n) is 19.0. The van der Waals surface area contributed by atoms with Gasteiger partial charge in [0.25, 0.3) is 0 Å². The number of likely N-dealkylation sites (tertiary alicyclic amines) is 1. The maximum atomic E-state index is 13.1. The monoisotopic (exact) mass is 480 g/mol. The second-order valence-corrected chi connectivity index (χ2v) is 8.45. The highest BCUT2D eigenvalue weighted by Gasteiger charge is 2.40. The van der Waals surface area contributed by atoms with Gasteiger partial charge in [-0.05, 0) is 44.4 Å². The fourth-order valence-corrected chi connectivity index (χ4v) is 3.67. The largest absolute Gasteiger partial charge is 0.508 e. The number of hydrogen-bond acceptors (Lipinski definition) is 8. The maximum absolute atomic E-state index is 13.1. The van der Waals surface area contributed by atoms with Crippen molar-refractivity contribution in [3.63, 3.8) is 0 Å². The molecule has 2 rings (SSSR count). The summed E-state index contributed by atoms with van der Waals surface area (Å²) in [5, 5.41) is 43.3. The van der Waals surface area contributed by atoms with Crippen LogP contribution in [0.2, 0.25) is 0 Å². The lowest BCUT2D eigenvalue weighted by atomic mass is 10.0. The molecule has 1 aromatic rings. The van der Waals surface area contributed by atoms with Gasteiger partial charge in [0.2, 0.25) is 17.7 Å². The van der Waals surface area contributed by atoms with Crippen LogP contribution in [0.4, 0.5) is 0 Å². The van der Waals surface area contributed by atoms with Crippen LogP contribution in [0.3, 0.4) is 0 Å². The predicted molar refractivity (Wildman–Crippen MR) is 119 cm³/mol. The quantitative estimate of drug-likeness (QED) is 0.199. The number of benzene rings is 1. The van der Waals surface area contributed by atoms with Gasteiger partial charge < -0.3 is 41.7 Å². The molecule has 6 atom stereocenters. The van der Waals surface area contributed by atoms with Crippen LogP contribution >= 0.6 is 0 Å². The SMILES string of the molecule is CC(O)C(N)C(=O)NC(C(=O)N1CCCC1C(=O)NC(Cc1ccc(O)cc1)C(=O)O)C(C)O. The number of aliphatic carboxylic acids is 1. The molecule has 0 radical (unpaired) electrons. The van der Waals surface area contributed by atoms with Crippen molar-refractivity contribution in [1.29, 1.82) is 0 Å². The molecule has 1 aromatic carbocycles. The molecule has 6 unspecified atom stereocenters. The molecule has 12 heteroatoms. The van der Waals surface area contributed by atoms with Crippen LogP contribution in [0.25, 0.3) is 0 Å². The molecular formula is C22H32N4O8. The average molecular weight is 481 g/mol. The summed E-state index contributed by atoms with van der Waals surface area (Å²) in [5.74, 6) is -3.47. The van der Waals surface area contributed by atoms with Gasteiger partial charge in [-0.1, -0.05) is 12.1 Å².